The van der Waals surface area contributed by atoms with Crippen molar-refractivity contribution in [3.63, 3.8) is 0 Å². The summed E-state index contributed by atoms with van der Waals surface area (Å²) in [4.78, 5) is 14.7. The first-order valence-corrected chi connectivity index (χ1v) is 6.23. The monoisotopic (exact) mass is 330 g/mol. The number of benzene rings is 1. The van der Waals surface area contributed by atoms with Crippen LogP contribution in [0, 0.1) is 22.7 Å². The van der Waals surface area contributed by atoms with Gasteiger partial charge in [0.1, 0.15) is 12.1 Å². The van der Waals surface area contributed by atoms with Gasteiger partial charge in [-0.15, -0.1) is 0 Å². The lowest BCUT2D eigenvalue weighted by Crippen LogP contribution is -2.04. The normalized spacial score (nSPS) is 9.75. The van der Waals surface area contributed by atoms with Gasteiger partial charge >= 0.3 is 5.97 Å². The summed E-state index contributed by atoms with van der Waals surface area (Å²) < 4.78 is 2.16. The molecule has 98 valence electrons. The van der Waals surface area contributed by atoms with Crippen molar-refractivity contribution in [3.05, 3.63) is 51.5 Å². The lowest BCUT2D eigenvalue weighted by molar-refractivity contribution is 0.0697. The maximum atomic E-state index is 10.9. The molecule has 0 aliphatic carbocycles. The van der Waals surface area contributed by atoms with Crippen molar-refractivity contribution < 1.29 is 9.90 Å². The highest BCUT2D eigenvalue weighted by Crippen LogP contribution is 2.21. The first-order valence-electron chi connectivity index (χ1n) is 5.44. The SMILES string of the molecule is N#Cc1ncn(Cc2ccc(C(=O)O)cc2Br)c1C#N. The number of halogens is 1. The lowest BCUT2D eigenvalue weighted by Gasteiger charge is -2.07. The van der Waals surface area contributed by atoms with E-state index in [4.69, 9.17) is 15.6 Å². The van der Waals surface area contributed by atoms with Crippen LogP contribution in [0.25, 0.3) is 0 Å². The van der Waals surface area contributed by atoms with Crippen LogP contribution in [-0.2, 0) is 6.54 Å². The number of carboxylic acids is 1. The van der Waals surface area contributed by atoms with Crippen LogP contribution < -0.4 is 0 Å². The van der Waals surface area contributed by atoms with Crippen LogP contribution >= 0.6 is 15.9 Å². The molecule has 0 aliphatic heterocycles. The van der Waals surface area contributed by atoms with Crippen molar-refractivity contribution >= 4 is 21.9 Å². The molecule has 0 fully saturated rings. The van der Waals surface area contributed by atoms with E-state index in [1.54, 1.807) is 10.6 Å². The van der Waals surface area contributed by atoms with Gasteiger partial charge in [0.2, 0.25) is 0 Å². The van der Waals surface area contributed by atoms with Gasteiger partial charge in [-0.2, -0.15) is 10.5 Å². The van der Waals surface area contributed by atoms with Crippen molar-refractivity contribution in [1.82, 2.24) is 9.55 Å². The summed E-state index contributed by atoms with van der Waals surface area (Å²) in [6, 6.07) is 8.41. The van der Waals surface area contributed by atoms with Crippen LogP contribution in [-0.4, -0.2) is 20.6 Å². The molecule has 0 aliphatic rings. The number of carboxylic acid groups (broad SMARTS) is 1. The number of hydrogen-bond donors (Lipinski definition) is 1. The first-order chi connectivity index (χ1) is 9.56. The zero-order chi connectivity index (χ0) is 14.7. The second-order valence-corrected chi connectivity index (χ2v) is 4.76. The Morgan fingerprint density at radius 1 is 1.40 bits per heavy atom. The van der Waals surface area contributed by atoms with Gasteiger partial charge in [0.05, 0.1) is 18.4 Å². The third kappa shape index (κ3) is 2.53. The molecular formula is C13H7BrN4O2. The van der Waals surface area contributed by atoms with Crippen LogP contribution in [0.5, 0.6) is 0 Å². The molecular weight excluding hydrogens is 324 g/mol. The van der Waals surface area contributed by atoms with Crippen LogP contribution in [0.4, 0.5) is 0 Å². The molecule has 0 amide bonds. The minimum absolute atomic E-state index is 0.0748. The minimum Gasteiger partial charge on any atom is -0.478 e. The maximum absolute atomic E-state index is 10.9. The minimum atomic E-state index is -1.01. The Balaban J connectivity index is 2.37. The highest BCUT2D eigenvalue weighted by molar-refractivity contribution is 9.10. The predicted octanol–water partition coefficient (Wildman–Crippen LogP) is 2.14. The van der Waals surface area contributed by atoms with E-state index in [9.17, 15) is 4.79 Å². The molecule has 0 bridgehead atoms. The molecule has 0 atom stereocenters. The van der Waals surface area contributed by atoms with Crippen molar-refractivity contribution in [3.8, 4) is 12.1 Å². The Bertz CT molecular complexity index is 768. The van der Waals surface area contributed by atoms with Gasteiger partial charge in [-0.3, -0.25) is 0 Å². The molecule has 0 spiro atoms. The molecule has 1 N–H and O–H groups in total. The van der Waals surface area contributed by atoms with Gasteiger partial charge in [-0.25, -0.2) is 9.78 Å². The van der Waals surface area contributed by atoms with Gasteiger partial charge in [-0.1, -0.05) is 22.0 Å². The van der Waals surface area contributed by atoms with Gasteiger partial charge in [0.15, 0.2) is 11.4 Å². The van der Waals surface area contributed by atoms with E-state index in [0.717, 1.165) is 5.56 Å². The van der Waals surface area contributed by atoms with Gasteiger partial charge in [0, 0.05) is 4.47 Å². The molecule has 0 saturated heterocycles. The van der Waals surface area contributed by atoms with Gasteiger partial charge < -0.3 is 9.67 Å². The van der Waals surface area contributed by atoms with E-state index in [0.29, 0.717) is 11.0 Å². The Hall–Kier alpha value is -2.64. The summed E-state index contributed by atoms with van der Waals surface area (Å²) in [6.07, 6.45) is 1.41. The standard InChI is InChI=1S/C13H7BrN4O2/c14-10-3-8(13(19)20)1-2-9(10)6-18-7-17-11(4-15)12(18)5-16/h1-3,7H,6H2,(H,19,20). The fourth-order valence-electron chi connectivity index (χ4n) is 1.69. The smallest absolute Gasteiger partial charge is 0.335 e. The molecule has 2 aromatic rings. The van der Waals surface area contributed by atoms with Crippen molar-refractivity contribution in [2.45, 2.75) is 6.54 Å². The average molecular weight is 331 g/mol. The molecule has 0 radical (unpaired) electrons. The van der Waals surface area contributed by atoms with Crippen LogP contribution in [0.2, 0.25) is 0 Å². The highest BCUT2D eigenvalue weighted by atomic mass is 79.9. The summed E-state index contributed by atoms with van der Waals surface area (Å²) in [7, 11) is 0. The topological polar surface area (TPSA) is 103 Å². The number of nitrogens with zero attached hydrogens (tertiary/aromatic N) is 4. The quantitative estimate of drug-likeness (QED) is 0.928. The summed E-state index contributed by atoms with van der Waals surface area (Å²) in [5.41, 5.74) is 1.21. The number of rotatable bonds is 3. The van der Waals surface area contributed by atoms with E-state index in [-0.39, 0.29) is 17.0 Å². The maximum Gasteiger partial charge on any atom is 0.335 e. The molecule has 20 heavy (non-hydrogen) atoms. The molecule has 0 saturated carbocycles. The Morgan fingerprint density at radius 3 is 2.70 bits per heavy atom. The number of aromatic nitrogens is 2. The molecule has 1 aromatic carbocycles. The van der Waals surface area contributed by atoms with E-state index in [1.807, 2.05) is 12.1 Å². The van der Waals surface area contributed by atoms with E-state index >= 15 is 0 Å². The average Bonchev–Trinajstić information content (AvgIpc) is 2.82. The van der Waals surface area contributed by atoms with Gasteiger partial charge in [-0.05, 0) is 17.7 Å². The fourth-order valence-corrected chi connectivity index (χ4v) is 2.20. The van der Waals surface area contributed by atoms with E-state index < -0.39 is 5.97 Å². The zero-order valence-electron chi connectivity index (χ0n) is 10.0. The predicted molar refractivity (Wildman–Crippen MR) is 71.9 cm³/mol. The number of nitriles is 2. The van der Waals surface area contributed by atoms with Crippen molar-refractivity contribution in [2.24, 2.45) is 0 Å². The first kappa shape index (κ1) is 13.8. The fraction of sp³-hybridized carbons (Fsp3) is 0.0769. The second kappa shape index (κ2) is 5.55. The molecule has 0 unspecified atom stereocenters. The van der Waals surface area contributed by atoms with Crippen LogP contribution in [0.3, 0.4) is 0 Å². The Labute approximate surface area is 122 Å². The summed E-state index contributed by atoms with van der Waals surface area (Å²) in [6.45, 7) is 0.318. The Kier molecular flexibility index (Phi) is 3.83. The van der Waals surface area contributed by atoms with Crippen molar-refractivity contribution in [1.29, 1.82) is 10.5 Å². The number of aromatic carboxylic acids is 1. The molecule has 1 heterocycles. The largest absolute Gasteiger partial charge is 0.478 e. The number of hydrogen-bond acceptors (Lipinski definition) is 4. The third-order valence-electron chi connectivity index (χ3n) is 2.69. The van der Waals surface area contributed by atoms with E-state index in [1.165, 1.54) is 18.5 Å². The summed E-state index contributed by atoms with van der Waals surface area (Å²) >= 11 is 3.30. The molecule has 6 nitrogen and oxygen atoms in total. The number of imidazole rings is 1. The lowest BCUT2D eigenvalue weighted by atomic mass is 10.1. The molecule has 1 aromatic heterocycles. The van der Waals surface area contributed by atoms with Crippen LogP contribution in [0.15, 0.2) is 29.0 Å². The van der Waals surface area contributed by atoms with E-state index in [2.05, 4.69) is 20.9 Å². The highest BCUT2D eigenvalue weighted by Gasteiger charge is 2.12. The molecule has 7 heteroatoms. The molecule has 2 rings (SSSR count). The van der Waals surface area contributed by atoms with Crippen molar-refractivity contribution in [2.75, 3.05) is 0 Å². The van der Waals surface area contributed by atoms with Gasteiger partial charge in [0.25, 0.3) is 0 Å². The second-order valence-electron chi connectivity index (χ2n) is 3.90. The Morgan fingerprint density at radius 2 is 2.15 bits per heavy atom. The third-order valence-corrected chi connectivity index (χ3v) is 3.43. The summed E-state index contributed by atoms with van der Waals surface area (Å²) in [5, 5.41) is 26.8. The zero-order valence-corrected chi connectivity index (χ0v) is 11.6. The van der Waals surface area contributed by atoms with Crippen LogP contribution in [0.1, 0.15) is 27.3 Å². The summed E-state index contributed by atoms with van der Waals surface area (Å²) in [5.74, 6) is -1.01. The number of carbonyl (C=O) groups is 1.